The molecule has 0 aliphatic carbocycles. The number of alkyl halides is 3. The Morgan fingerprint density at radius 1 is 1.13 bits per heavy atom. The monoisotopic (exact) mass is 653 g/mol. The molecule has 10 nitrogen and oxygen atoms in total. The maximum Gasteiger partial charge on any atom is 0.416 e. The number of piperidine rings is 1. The summed E-state index contributed by atoms with van der Waals surface area (Å²) in [7, 11) is -3.59. The van der Waals surface area contributed by atoms with Gasteiger partial charge in [0.25, 0.3) is 5.91 Å². The first-order valence-electron chi connectivity index (χ1n) is 14.6. The lowest BCUT2D eigenvalue weighted by Crippen LogP contribution is -2.43. The van der Waals surface area contributed by atoms with Crippen molar-refractivity contribution in [2.75, 3.05) is 32.4 Å². The van der Waals surface area contributed by atoms with Gasteiger partial charge in [-0.3, -0.25) is 14.4 Å². The normalized spacial score (nSPS) is 18.9. The Hall–Kier alpha value is -3.37. The number of halogens is 4. The molecule has 2 atom stereocenters. The number of carbonyl (C=O) groups excluding carboxylic acids is 1. The number of nitrogens with zero attached hydrogens (tertiary/aromatic N) is 4. The van der Waals surface area contributed by atoms with Crippen LogP contribution in [0.5, 0.6) is 0 Å². The Labute approximate surface area is 258 Å². The molecule has 2 aliphatic rings. The number of aromatic nitrogens is 2. The third-order valence-electron chi connectivity index (χ3n) is 8.13. The summed E-state index contributed by atoms with van der Waals surface area (Å²) in [5.41, 5.74) is 0.635. The maximum absolute atomic E-state index is 14.0. The van der Waals surface area contributed by atoms with Crippen molar-refractivity contribution < 1.29 is 41.0 Å². The lowest BCUT2D eigenvalue weighted by Gasteiger charge is -2.31. The summed E-state index contributed by atoms with van der Waals surface area (Å²) in [6.07, 6.45) is -3.20. The van der Waals surface area contributed by atoms with E-state index in [1.807, 2.05) is 4.90 Å². The van der Waals surface area contributed by atoms with Crippen LogP contribution in [0.15, 0.2) is 42.5 Å². The molecular formula is C30H35F4N5O5S. The number of fused-ring (bicyclic) bond motifs is 1. The van der Waals surface area contributed by atoms with Gasteiger partial charge in [-0.15, -0.1) is 0 Å². The molecule has 2 aliphatic heterocycles. The number of rotatable bonds is 9. The number of benzene rings is 2. The van der Waals surface area contributed by atoms with Crippen LogP contribution in [0.4, 0.5) is 17.6 Å². The fourth-order valence-electron chi connectivity index (χ4n) is 5.93. The van der Waals surface area contributed by atoms with E-state index >= 15 is 0 Å². The molecule has 0 spiro atoms. The average Bonchev–Trinajstić information content (AvgIpc) is 3.32. The van der Waals surface area contributed by atoms with E-state index in [1.165, 1.54) is 28.6 Å². The average molecular weight is 654 g/mol. The number of aliphatic hydroxyl groups is 2. The topological polar surface area (TPSA) is 128 Å². The second-order valence-electron chi connectivity index (χ2n) is 11.6. The highest BCUT2D eigenvalue weighted by atomic mass is 32.2. The van der Waals surface area contributed by atoms with Gasteiger partial charge in [0.1, 0.15) is 5.82 Å². The SMILES string of the molecule is CS(=O)(=O)N1CCc2c(c(-c3ccc(C(F)(F)F)c(CNC(=O)c4ccc(F)cc4)c3)nn2CC(O)CN2CCCC(O)C2)C1. The van der Waals surface area contributed by atoms with Crippen molar-refractivity contribution >= 4 is 15.9 Å². The third kappa shape index (κ3) is 7.90. The maximum atomic E-state index is 14.0. The van der Waals surface area contributed by atoms with Gasteiger partial charge in [-0.2, -0.15) is 22.6 Å². The van der Waals surface area contributed by atoms with Crippen LogP contribution in [0.1, 0.15) is 45.6 Å². The molecule has 1 fully saturated rings. The molecule has 45 heavy (non-hydrogen) atoms. The molecule has 0 bridgehead atoms. The van der Waals surface area contributed by atoms with Gasteiger partial charge in [-0.25, -0.2) is 12.8 Å². The van der Waals surface area contributed by atoms with Crippen molar-refractivity contribution in [2.45, 2.75) is 57.3 Å². The lowest BCUT2D eigenvalue weighted by atomic mass is 9.97. The Morgan fingerprint density at radius 2 is 1.87 bits per heavy atom. The van der Waals surface area contributed by atoms with Crippen LogP contribution in [0.25, 0.3) is 11.3 Å². The van der Waals surface area contributed by atoms with Gasteiger partial charge in [0.05, 0.1) is 36.3 Å². The zero-order valence-corrected chi connectivity index (χ0v) is 25.4. The first-order chi connectivity index (χ1) is 21.2. The van der Waals surface area contributed by atoms with E-state index < -0.39 is 52.2 Å². The van der Waals surface area contributed by atoms with Crippen LogP contribution in [0.2, 0.25) is 0 Å². The zero-order chi connectivity index (χ0) is 32.5. The van der Waals surface area contributed by atoms with Crippen molar-refractivity contribution in [3.8, 4) is 11.3 Å². The van der Waals surface area contributed by atoms with Crippen LogP contribution >= 0.6 is 0 Å². The van der Waals surface area contributed by atoms with Crippen molar-refractivity contribution in [1.82, 2.24) is 24.3 Å². The molecule has 2 unspecified atom stereocenters. The second kappa shape index (κ2) is 13.2. The van der Waals surface area contributed by atoms with Crippen molar-refractivity contribution in [2.24, 2.45) is 0 Å². The predicted octanol–water partition coefficient (Wildman–Crippen LogP) is 2.77. The van der Waals surface area contributed by atoms with Gasteiger partial charge in [0.15, 0.2) is 0 Å². The number of nitrogens with one attached hydrogen (secondary N) is 1. The second-order valence-corrected chi connectivity index (χ2v) is 13.6. The summed E-state index contributed by atoms with van der Waals surface area (Å²) >= 11 is 0. The van der Waals surface area contributed by atoms with E-state index in [0.29, 0.717) is 24.2 Å². The number of sulfonamides is 1. The van der Waals surface area contributed by atoms with E-state index in [4.69, 9.17) is 0 Å². The molecule has 3 N–H and O–H groups in total. The largest absolute Gasteiger partial charge is 0.416 e. The zero-order valence-electron chi connectivity index (χ0n) is 24.6. The molecule has 3 heterocycles. The number of carbonyl (C=O) groups is 1. The van der Waals surface area contributed by atoms with E-state index in [2.05, 4.69) is 10.4 Å². The van der Waals surface area contributed by atoms with E-state index in [0.717, 1.165) is 37.4 Å². The summed E-state index contributed by atoms with van der Waals surface area (Å²) < 4.78 is 83.0. The van der Waals surface area contributed by atoms with Gasteiger partial charge >= 0.3 is 6.18 Å². The summed E-state index contributed by atoms with van der Waals surface area (Å²) in [5.74, 6) is -1.25. The molecule has 2 aromatic carbocycles. The minimum absolute atomic E-state index is 0.0461. The first kappa shape index (κ1) is 33.0. The van der Waals surface area contributed by atoms with E-state index in [1.54, 1.807) is 4.68 Å². The van der Waals surface area contributed by atoms with Crippen LogP contribution in [0.3, 0.4) is 0 Å². The molecule has 5 rings (SSSR count). The van der Waals surface area contributed by atoms with Gasteiger partial charge in [-0.05, 0) is 61.3 Å². The van der Waals surface area contributed by atoms with Crippen molar-refractivity contribution in [1.29, 1.82) is 0 Å². The fraction of sp³-hybridized carbons (Fsp3) is 0.467. The third-order valence-corrected chi connectivity index (χ3v) is 9.38. The Morgan fingerprint density at radius 3 is 2.53 bits per heavy atom. The predicted molar refractivity (Wildman–Crippen MR) is 157 cm³/mol. The summed E-state index contributed by atoms with van der Waals surface area (Å²) in [4.78, 5) is 14.6. The Bertz CT molecular complexity index is 1650. The minimum Gasteiger partial charge on any atom is -0.392 e. The molecule has 3 aromatic rings. The summed E-state index contributed by atoms with van der Waals surface area (Å²) in [5, 5.41) is 28.0. The Kier molecular flexibility index (Phi) is 9.65. The van der Waals surface area contributed by atoms with Gasteiger partial charge in [0, 0.05) is 61.5 Å². The number of β-amino-alcohol motifs (C(OH)–C–C–N with tert-alkyl or cyclic N) is 2. The molecule has 1 aromatic heterocycles. The quantitative estimate of drug-likeness (QED) is 0.303. The summed E-state index contributed by atoms with van der Waals surface area (Å²) in [6.45, 7) is 1.16. The minimum atomic E-state index is -4.73. The molecular weight excluding hydrogens is 618 g/mol. The highest BCUT2D eigenvalue weighted by Crippen LogP contribution is 2.37. The van der Waals surface area contributed by atoms with Gasteiger partial charge in [0.2, 0.25) is 10.0 Å². The first-order valence-corrected chi connectivity index (χ1v) is 16.4. The molecule has 244 valence electrons. The van der Waals surface area contributed by atoms with Crippen LogP contribution in [-0.4, -0.2) is 88.2 Å². The van der Waals surface area contributed by atoms with Gasteiger partial charge in [-0.1, -0.05) is 6.07 Å². The highest BCUT2D eigenvalue weighted by molar-refractivity contribution is 7.88. The molecule has 1 saturated heterocycles. The highest BCUT2D eigenvalue weighted by Gasteiger charge is 2.35. The standard InChI is InChI=1S/C30H35F4N5O5S/c1-45(43,44)38-12-10-27-25(18-38)28(36-39(27)17-24(41)16-37-11-2-3-23(40)15-37)20-6-9-26(30(32,33)34)21(13-20)14-35-29(42)19-4-7-22(31)8-5-19/h4-9,13,23-24,40-41H,2-3,10-12,14-18H2,1H3,(H,35,42). The van der Waals surface area contributed by atoms with E-state index in [9.17, 15) is 41.0 Å². The van der Waals surface area contributed by atoms with Crippen LogP contribution in [-0.2, 0) is 42.3 Å². The van der Waals surface area contributed by atoms with Crippen molar-refractivity contribution in [3.05, 3.63) is 76.2 Å². The fourth-order valence-corrected chi connectivity index (χ4v) is 6.71. The van der Waals surface area contributed by atoms with Crippen LogP contribution < -0.4 is 5.32 Å². The number of aliphatic hydroxyl groups excluding tert-OH is 2. The van der Waals surface area contributed by atoms with Crippen molar-refractivity contribution in [3.63, 3.8) is 0 Å². The van der Waals surface area contributed by atoms with E-state index in [-0.39, 0.29) is 55.0 Å². The van der Waals surface area contributed by atoms with Crippen LogP contribution in [0, 0.1) is 5.82 Å². The molecule has 0 saturated carbocycles. The molecule has 15 heteroatoms. The number of amides is 1. The molecule has 1 amide bonds. The smallest absolute Gasteiger partial charge is 0.392 e. The summed E-state index contributed by atoms with van der Waals surface area (Å²) in [6, 6.07) is 8.01. The number of likely N-dealkylation sites (tertiary alicyclic amines) is 1. The lowest BCUT2D eigenvalue weighted by molar-refractivity contribution is -0.138. The Balaban J connectivity index is 1.47. The van der Waals surface area contributed by atoms with Gasteiger partial charge < -0.3 is 15.5 Å². The number of hydrogen-bond acceptors (Lipinski definition) is 7. The molecule has 0 radical (unpaired) electrons. The number of hydrogen-bond donors (Lipinski definition) is 3.